The zero-order chi connectivity index (χ0) is 14.1. The van der Waals surface area contributed by atoms with Gasteiger partial charge in [-0.2, -0.15) is 0 Å². The molecule has 104 valence electrons. The predicted octanol–water partition coefficient (Wildman–Crippen LogP) is 3.75. The molecule has 2 nitrogen and oxygen atoms in total. The molecule has 1 N–H and O–H groups in total. The van der Waals surface area contributed by atoms with E-state index >= 15 is 0 Å². The lowest BCUT2D eigenvalue weighted by atomic mass is 10.0. The Balaban J connectivity index is 1.79. The molecule has 0 amide bonds. The molecule has 0 spiro atoms. The number of ether oxygens (including phenoxy) is 1. The van der Waals surface area contributed by atoms with Crippen LogP contribution in [0.2, 0.25) is 0 Å². The van der Waals surface area contributed by atoms with Gasteiger partial charge in [-0.25, -0.2) is 8.78 Å². The molecular weight excluding hydrogens is 260 g/mol. The Morgan fingerprint density at radius 3 is 2.80 bits per heavy atom. The largest absolute Gasteiger partial charge is 0.491 e. The maximum atomic E-state index is 13.8. The van der Waals surface area contributed by atoms with Gasteiger partial charge in [0, 0.05) is 23.2 Å². The molecule has 0 fully saturated rings. The molecular formula is C16H15F2NO. The van der Waals surface area contributed by atoms with Crippen molar-refractivity contribution in [1.82, 2.24) is 5.32 Å². The van der Waals surface area contributed by atoms with E-state index < -0.39 is 11.6 Å². The van der Waals surface area contributed by atoms with Crippen LogP contribution in [-0.4, -0.2) is 6.61 Å². The van der Waals surface area contributed by atoms with Gasteiger partial charge in [-0.15, -0.1) is 0 Å². The second-order valence-electron chi connectivity index (χ2n) is 4.96. The lowest BCUT2D eigenvalue weighted by molar-refractivity contribution is 0.299. The van der Waals surface area contributed by atoms with E-state index in [2.05, 4.69) is 5.32 Å². The number of para-hydroxylation sites is 1. The van der Waals surface area contributed by atoms with Crippen molar-refractivity contribution >= 4 is 0 Å². The minimum atomic E-state index is -0.562. The van der Waals surface area contributed by atoms with Gasteiger partial charge < -0.3 is 10.1 Å². The van der Waals surface area contributed by atoms with Crippen LogP contribution in [-0.2, 0) is 0 Å². The number of halogens is 2. The highest BCUT2D eigenvalue weighted by Crippen LogP contribution is 2.33. The normalized spacial score (nSPS) is 18.4. The molecule has 0 saturated carbocycles. The summed E-state index contributed by atoms with van der Waals surface area (Å²) < 4.78 is 32.3. The Hall–Kier alpha value is -1.94. The van der Waals surface area contributed by atoms with Gasteiger partial charge in [0.15, 0.2) is 0 Å². The Morgan fingerprint density at radius 1 is 1.20 bits per heavy atom. The van der Waals surface area contributed by atoms with E-state index in [4.69, 9.17) is 4.74 Å². The van der Waals surface area contributed by atoms with E-state index in [1.54, 1.807) is 0 Å². The molecule has 2 aromatic carbocycles. The van der Waals surface area contributed by atoms with E-state index in [0.29, 0.717) is 12.2 Å². The van der Waals surface area contributed by atoms with Crippen LogP contribution >= 0.6 is 0 Å². The van der Waals surface area contributed by atoms with Gasteiger partial charge in [-0.05, 0) is 19.1 Å². The molecule has 2 atom stereocenters. The van der Waals surface area contributed by atoms with Crippen LogP contribution in [0.25, 0.3) is 0 Å². The highest BCUT2D eigenvalue weighted by Gasteiger charge is 2.25. The van der Waals surface area contributed by atoms with Crippen molar-refractivity contribution in [2.24, 2.45) is 0 Å². The van der Waals surface area contributed by atoms with Gasteiger partial charge in [-0.1, -0.05) is 24.3 Å². The second kappa shape index (κ2) is 5.21. The fourth-order valence-electron chi connectivity index (χ4n) is 2.54. The molecule has 1 aliphatic rings. The number of hydrogen-bond donors (Lipinski definition) is 1. The van der Waals surface area contributed by atoms with E-state index in [1.807, 2.05) is 31.2 Å². The van der Waals surface area contributed by atoms with Crippen LogP contribution < -0.4 is 10.1 Å². The first kappa shape index (κ1) is 13.1. The average Bonchev–Trinajstić information content (AvgIpc) is 2.82. The van der Waals surface area contributed by atoms with Crippen molar-refractivity contribution in [2.45, 2.75) is 19.0 Å². The van der Waals surface area contributed by atoms with Gasteiger partial charge in [0.05, 0.1) is 6.04 Å². The molecule has 2 unspecified atom stereocenters. The molecule has 20 heavy (non-hydrogen) atoms. The first-order chi connectivity index (χ1) is 9.65. The summed E-state index contributed by atoms with van der Waals surface area (Å²) in [4.78, 5) is 0. The highest BCUT2D eigenvalue weighted by molar-refractivity contribution is 5.39. The summed E-state index contributed by atoms with van der Waals surface area (Å²) in [5, 5.41) is 3.32. The van der Waals surface area contributed by atoms with E-state index in [0.717, 1.165) is 17.4 Å². The summed E-state index contributed by atoms with van der Waals surface area (Å²) in [6, 6.07) is 11.2. The maximum absolute atomic E-state index is 13.8. The van der Waals surface area contributed by atoms with E-state index in [-0.39, 0.29) is 12.1 Å². The van der Waals surface area contributed by atoms with Crippen molar-refractivity contribution < 1.29 is 13.5 Å². The molecule has 0 radical (unpaired) electrons. The minimum Gasteiger partial charge on any atom is -0.491 e. The summed E-state index contributed by atoms with van der Waals surface area (Å²) in [5.41, 5.74) is 1.53. The Bertz CT molecular complexity index is 630. The Kier molecular flexibility index (Phi) is 3.40. The number of hydrogen-bond acceptors (Lipinski definition) is 2. The van der Waals surface area contributed by atoms with E-state index in [1.165, 1.54) is 12.1 Å². The summed E-state index contributed by atoms with van der Waals surface area (Å²) >= 11 is 0. The third-order valence-electron chi connectivity index (χ3n) is 3.58. The third kappa shape index (κ3) is 2.39. The SMILES string of the molecule is CC(NC1COc2ccccc21)c1ccc(F)cc1F. The summed E-state index contributed by atoms with van der Waals surface area (Å²) in [5.74, 6) is -0.234. The molecule has 0 bridgehead atoms. The lowest BCUT2D eigenvalue weighted by Gasteiger charge is -2.19. The molecule has 1 heterocycles. The summed E-state index contributed by atoms with van der Waals surface area (Å²) in [6.07, 6.45) is 0. The van der Waals surface area contributed by atoms with Crippen molar-refractivity contribution in [3.63, 3.8) is 0 Å². The van der Waals surface area contributed by atoms with Crippen LogP contribution in [0.3, 0.4) is 0 Å². The first-order valence-electron chi connectivity index (χ1n) is 6.58. The quantitative estimate of drug-likeness (QED) is 0.921. The summed E-state index contributed by atoms with van der Waals surface area (Å²) in [6.45, 7) is 2.38. The third-order valence-corrected chi connectivity index (χ3v) is 3.58. The van der Waals surface area contributed by atoms with Crippen LogP contribution in [0.4, 0.5) is 8.78 Å². The average molecular weight is 275 g/mol. The zero-order valence-electron chi connectivity index (χ0n) is 11.1. The number of fused-ring (bicyclic) bond motifs is 1. The molecule has 4 heteroatoms. The van der Waals surface area contributed by atoms with Crippen LogP contribution in [0.5, 0.6) is 5.75 Å². The van der Waals surface area contributed by atoms with Crippen molar-refractivity contribution in [1.29, 1.82) is 0 Å². The minimum absolute atomic E-state index is 0.0191. The second-order valence-corrected chi connectivity index (χ2v) is 4.96. The van der Waals surface area contributed by atoms with Gasteiger partial charge in [0.25, 0.3) is 0 Å². The Labute approximate surface area is 116 Å². The maximum Gasteiger partial charge on any atom is 0.130 e. The van der Waals surface area contributed by atoms with Gasteiger partial charge >= 0.3 is 0 Å². The fourth-order valence-corrected chi connectivity index (χ4v) is 2.54. The number of rotatable bonds is 3. The van der Waals surface area contributed by atoms with Crippen LogP contribution in [0, 0.1) is 11.6 Å². The lowest BCUT2D eigenvalue weighted by Crippen LogP contribution is -2.26. The van der Waals surface area contributed by atoms with Crippen molar-refractivity contribution in [3.05, 3.63) is 65.2 Å². The Morgan fingerprint density at radius 2 is 2.00 bits per heavy atom. The predicted molar refractivity (Wildman–Crippen MR) is 72.6 cm³/mol. The standard InChI is InChI=1S/C16H15F2NO/c1-10(12-7-6-11(17)8-14(12)18)19-15-9-20-16-5-3-2-4-13(15)16/h2-8,10,15,19H,9H2,1H3. The van der Waals surface area contributed by atoms with Gasteiger partial charge in [-0.3, -0.25) is 0 Å². The number of benzene rings is 2. The van der Waals surface area contributed by atoms with Crippen molar-refractivity contribution in [3.8, 4) is 5.75 Å². The molecule has 1 aliphatic heterocycles. The fraction of sp³-hybridized carbons (Fsp3) is 0.250. The molecule has 0 saturated heterocycles. The molecule has 0 aliphatic carbocycles. The molecule has 0 aromatic heterocycles. The zero-order valence-corrected chi connectivity index (χ0v) is 11.1. The van der Waals surface area contributed by atoms with Gasteiger partial charge in [0.2, 0.25) is 0 Å². The number of nitrogens with one attached hydrogen (secondary N) is 1. The van der Waals surface area contributed by atoms with E-state index in [9.17, 15) is 8.78 Å². The summed E-state index contributed by atoms with van der Waals surface area (Å²) in [7, 11) is 0. The van der Waals surface area contributed by atoms with Crippen LogP contribution in [0.1, 0.15) is 30.1 Å². The molecule has 2 aromatic rings. The molecule has 3 rings (SSSR count). The smallest absolute Gasteiger partial charge is 0.130 e. The van der Waals surface area contributed by atoms with Crippen molar-refractivity contribution in [2.75, 3.05) is 6.61 Å². The van der Waals surface area contributed by atoms with Crippen LogP contribution in [0.15, 0.2) is 42.5 Å². The van der Waals surface area contributed by atoms with Gasteiger partial charge in [0.1, 0.15) is 24.0 Å². The highest BCUT2D eigenvalue weighted by atomic mass is 19.1. The monoisotopic (exact) mass is 275 g/mol. The topological polar surface area (TPSA) is 21.3 Å². The first-order valence-corrected chi connectivity index (χ1v) is 6.58.